The third kappa shape index (κ3) is 4.02. The van der Waals surface area contributed by atoms with Gasteiger partial charge in [0.1, 0.15) is 11.5 Å². The van der Waals surface area contributed by atoms with E-state index in [1.54, 1.807) is 26.6 Å². The normalized spacial score (nSPS) is 13.7. The first-order valence-corrected chi connectivity index (χ1v) is 12.5. The number of esters is 1. The highest BCUT2D eigenvalue weighted by atomic mass is 16.6. The summed E-state index contributed by atoms with van der Waals surface area (Å²) in [6.07, 6.45) is 3.25. The molecule has 0 bridgehead atoms. The molecule has 7 nitrogen and oxygen atoms in total. The van der Waals surface area contributed by atoms with Gasteiger partial charge < -0.3 is 24.0 Å². The summed E-state index contributed by atoms with van der Waals surface area (Å²) in [7, 11) is 3.28. The van der Waals surface area contributed by atoms with E-state index in [1.807, 2.05) is 30.3 Å². The van der Waals surface area contributed by atoms with Crippen molar-refractivity contribution in [1.82, 2.24) is 4.98 Å². The van der Waals surface area contributed by atoms with E-state index in [2.05, 4.69) is 54.6 Å². The zero-order chi connectivity index (χ0) is 25.9. The Morgan fingerprint density at radius 3 is 1.72 bits per heavy atom. The van der Waals surface area contributed by atoms with Crippen LogP contribution in [-0.4, -0.2) is 51.4 Å². The maximum atomic E-state index is 13.2. The van der Waals surface area contributed by atoms with Crippen molar-refractivity contribution in [3.63, 3.8) is 0 Å². The quantitative estimate of drug-likeness (QED) is 0.360. The topological polar surface area (TPSA) is 64.1 Å². The minimum Gasteiger partial charge on any atom is -0.496 e. The molecular formula is C29H35N3O4. The minimum absolute atomic E-state index is 0.428. The van der Waals surface area contributed by atoms with Crippen LogP contribution >= 0.6 is 0 Å². The lowest BCUT2D eigenvalue weighted by molar-refractivity contribution is 0.0239. The number of carbonyl (C=O) groups is 1. The molecule has 2 heterocycles. The Hall–Kier alpha value is -3.74. The Kier molecular flexibility index (Phi) is 7.38. The molecule has 2 aromatic carbocycles. The maximum absolute atomic E-state index is 13.2. The molecule has 0 saturated carbocycles. The van der Waals surface area contributed by atoms with E-state index in [4.69, 9.17) is 14.2 Å². The molecular weight excluding hydrogens is 454 g/mol. The summed E-state index contributed by atoms with van der Waals surface area (Å²) in [5.41, 5.74) is 3.43. The molecule has 0 atom stereocenters. The van der Waals surface area contributed by atoms with Gasteiger partial charge in [0, 0.05) is 78.8 Å². The number of fused-ring (bicyclic) bond motifs is 1. The SMILES string of the molecule is CCN(CC)c1ccc(C2(c3ccc(N(CC)CC)cc3OC)OC(=O)c3cnccc32)c(OC)c1. The molecule has 4 rings (SSSR count). The number of pyridine rings is 1. The second kappa shape index (κ2) is 10.5. The van der Waals surface area contributed by atoms with Crippen LogP contribution in [0.2, 0.25) is 0 Å². The number of carbonyl (C=O) groups excluding carboxylic acids is 1. The molecule has 0 aliphatic carbocycles. The average molecular weight is 490 g/mol. The minimum atomic E-state index is -1.25. The van der Waals surface area contributed by atoms with E-state index < -0.39 is 11.6 Å². The fourth-order valence-corrected chi connectivity index (χ4v) is 5.17. The highest BCUT2D eigenvalue weighted by Gasteiger charge is 2.52. The monoisotopic (exact) mass is 489 g/mol. The summed E-state index contributed by atoms with van der Waals surface area (Å²) in [5, 5.41) is 0. The highest BCUT2D eigenvalue weighted by Crippen LogP contribution is 2.53. The van der Waals surface area contributed by atoms with Crippen LogP contribution in [0.15, 0.2) is 54.9 Å². The molecule has 0 unspecified atom stereocenters. The Morgan fingerprint density at radius 1 is 0.778 bits per heavy atom. The summed E-state index contributed by atoms with van der Waals surface area (Å²) >= 11 is 0. The number of cyclic esters (lactones) is 1. The van der Waals surface area contributed by atoms with E-state index in [0.29, 0.717) is 22.6 Å². The molecule has 0 N–H and O–H groups in total. The largest absolute Gasteiger partial charge is 0.496 e. The van der Waals surface area contributed by atoms with E-state index in [-0.39, 0.29) is 0 Å². The van der Waals surface area contributed by atoms with Crippen LogP contribution in [0.25, 0.3) is 0 Å². The van der Waals surface area contributed by atoms with Gasteiger partial charge in [-0.25, -0.2) is 4.79 Å². The maximum Gasteiger partial charge on any atom is 0.341 e. The summed E-state index contributed by atoms with van der Waals surface area (Å²) in [4.78, 5) is 21.9. The molecule has 0 saturated heterocycles. The first-order chi connectivity index (χ1) is 17.5. The smallest absolute Gasteiger partial charge is 0.341 e. The highest BCUT2D eigenvalue weighted by molar-refractivity contribution is 5.96. The van der Waals surface area contributed by atoms with Crippen molar-refractivity contribution >= 4 is 17.3 Å². The van der Waals surface area contributed by atoms with Crippen LogP contribution in [0.5, 0.6) is 11.5 Å². The van der Waals surface area contributed by atoms with Crippen molar-refractivity contribution in [2.24, 2.45) is 0 Å². The van der Waals surface area contributed by atoms with Crippen molar-refractivity contribution in [3.05, 3.63) is 77.1 Å². The van der Waals surface area contributed by atoms with Crippen molar-refractivity contribution in [1.29, 1.82) is 0 Å². The second-order valence-electron chi connectivity index (χ2n) is 8.61. The number of hydrogen-bond acceptors (Lipinski definition) is 7. The first kappa shape index (κ1) is 25.4. The first-order valence-electron chi connectivity index (χ1n) is 12.5. The van der Waals surface area contributed by atoms with Gasteiger partial charge in [-0.15, -0.1) is 0 Å². The molecule has 7 heteroatoms. The number of nitrogens with zero attached hydrogens (tertiary/aromatic N) is 3. The lowest BCUT2D eigenvalue weighted by Crippen LogP contribution is -2.31. The fraction of sp³-hybridized carbons (Fsp3) is 0.379. The van der Waals surface area contributed by atoms with Crippen LogP contribution < -0.4 is 19.3 Å². The summed E-state index contributed by atoms with van der Waals surface area (Å²) in [6.45, 7) is 12.0. The summed E-state index contributed by atoms with van der Waals surface area (Å²) < 4.78 is 18.2. The van der Waals surface area contributed by atoms with E-state index in [9.17, 15) is 4.79 Å². The molecule has 190 valence electrons. The standard InChI is InChI=1S/C29H35N3O4/c1-7-31(8-2)20-11-13-24(26(17-20)34-5)29(23-15-16-30-19-22(23)28(33)36-29)25-14-12-21(18-27(25)35-6)32(9-3)10-4/h11-19H,7-10H2,1-6H3. The predicted octanol–water partition coefficient (Wildman–Crippen LogP) is 5.25. The van der Waals surface area contributed by atoms with Crippen molar-refractivity contribution in [2.75, 3.05) is 50.2 Å². The fourth-order valence-electron chi connectivity index (χ4n) is 5.17. The lowest BCUT2D eigenvalue weighted by atomic mass is 9.79. The predicted molar refractivity (Wildman–Crippen MR) is 143 cm³/mol. The second-order valence-corrected chi connectivity index (χ2v) is 8.61. The van der Waals surface area contributed by atoms with Crippen molar-refractivity contribution in [2.45, 2.75) is 33.3 Å². The van der Waals surface area contributed by atoms with Crippen molar-refractivity contribution < 1.29 is 19.0 Å². The molecule has 1 aliphatic heterocycles. The number of hydrogen-bond donors (Lipinski definition) is 0. The molecule has 0 spiro atoms. The van der Waals surface area contributed by atoms with Crippen LogP contribution in [0, 0.1) is 0 Å². The molecule has 0 fully saturated rings. The van der Waals surface area contributed by atoms with Crippen LogP contribution in [-0.2, 0) is 10.3 Å². The Morgan fingerprint density at radius 2 is 1.28 bits per heavy atom. The van der Waals surface area contributed by atoms with Crippen LogP contribution in [0.4, 0.5) is 11.4 Å². The summed E-state index contributed by atoms with van der Waals surface area (Å²) in [5.74, 6) is 0.835. The molecule has 36 heavy (non-hydrogen) atoms. The molecule has 1 aromatic heterocycles. The van der Waals surface area contributed by atoms with E-state index in [0.717, 1.165) is 48.7 Å². The van der Waals surface area contributed by atoms with Gasteiger partial charge in [-0.2, -0.15) is 0 Å². The third-order valence-electron chi connectivity index (χ3n) is 7.05. The van der Waals surface area contributed by atoms with Gasteiger partial charge in [-0.05, 0) is 58.0 Å². The molecule has 0 radical (unpaired) electrons. The Labute approximate surface area is 213 Å². The molecule has 0 amide bonds. The zero-order valence-electron chi connectivity index (χ0n) is 22.0. The van der Waals surface area contributed by atoms with Crippen LogP contribution in [0.1, 0.15) is 54.7 Å². The number of rotatable bonds is 10. The lowest BCUT2D eigenvalue weighted by Gasteiger charge is -2.34. The van der Waals surface area contributed by atoms with E-state index in [1.165, 1.54) is 0 Å². The molecule has 3 aromatic rings. The Balaban J connectivity index is 2.02. The average Bonchev–Trinajstić information content (AvgIpc) is 3.22. The van der Waals surface area contributed by atoms with Gasteiger partial charge in [0.25, 0.3) is 0 Å². The number of aromatic nitrogens is 1. The number of anilines is 2. The van der Waals surface area contributed by atoms with Gasteiger partial charge >= 0.3 is 5.97 Å². The summed E-state index contributed by atoms with van der Waals surface area (Å²) in [6, 6.07) is 13.9. The number of benzene rings is 2. The number of ether oxygens (including phenoxy) is 3. The number of methoxy groups -OCH3 is 2. The zero-order valence-corrected chi connectivity index (χ0v) is 22.0. The molecule has 1 aliphatic rings. The van der Waals surface area contributed by atoms with Gasteiger partial charge in [0.15, 0.2) is 5.60 Å². The third-order valence-corrected chi connectivity index (χ3v) is 7.05. The van der Waals surface area contributed by atoms with Gasteiger partial charge in [0.05, 0.1) is 19.8 Å². The van der Waals surface area contributed by atoms with E-state index >= 15 is 0 Å². The van der Waals surface area contributed by atoms with Gasteiger partial charge in [0.2, 0.25) is 0 Å². The van der Waals surface area contributed by atoms with Crippen LogP contribution in [0.3, 0.4) is 0 Å². The Bertz CT molecular complexity index is 1170. The van der Waals surface area contributed by atoms with Gasteiger partial charge in [-0.1, -0.05) is 0 Å². The van der Waals surface area contributed by atoms with Gasteiger partial charge in [-0.3, -0.25) is 4.98 Å². The van der Waals surface area contributed by atoms with Crippen molar-refractivity contribution in [3.8, 4) is 11.5 Å².